The fourth-order valence-corrected chi connectivity index (χ4v) is 4.46. The number of nitrogens with one attached hydrogen (secondary N) is 1. The summed E-state index contributed by atoms with van der Waals surface area (Å²) in [4.78, 5) is 14.9. The third-order valence-electron chi connectivity index (χ3n) is 5.45. The minimum absolute atomic E-state index is 0.0605. The van der Waals surface area contributed by atoms with Crippen LogP contribution in [0.15, 0.2) is 29.8 Å². The molecule has 1 aromatic rings. The largest absolute Gasteiger partial charge is 0.356 e. The number of nitrogens with zero attached hydrogens (tertiary/aromatic N) is 1. The maximum Gasteiger partial charge on any atom is 0.224 e. The average molecular weight is 395 g/mol. The van der Waals surface area contributed by atoms with Crippen LogP contribution < -0.4 is 5.32 Å². The summed E-state index contributed by atoms with van der Waals surface area (Å²) in [6.07, 6.45) is 10.3. The van der Waals surface area contributed by atoms with Crippen molar-refractivity contribution in [3.05, 3.63) is 45.5 Å². The molecule has 0 unspecified atom stereocenters. The van der Waals surface area contributed by atoms with Crippen LogP contribution in [0.25, 0.3) is 0 Å². The summed E-state index contributed by atoms with van der Waals surface area (Å²) >= 11 is 12.6. The summed E-state index contributed by atoms with van der Waals surface area (Å²) in [5.74, 6) is 0.252. The Labute approximate surface area is 166 Å². The van der Waals surface area contributed by atoms with Gasteiger partial charge in [0.05, 0.1) is 5.92 Å². The zero-order valence-electron chi connectivity index (χ0n) is 15.3. The first kappa shape index (κ1) is 19.7. The van der Waals surface area contributed by atoms with Gasteiger partial charge in [-0.2, -0.15) is 0 Å². The first-order valence-electron chi connectivity index (χ1n) is 9.74. The Bertz CT molecular complexity index is 639. The van der Waals surface area contributed by atoms with E-state index in [1.54, 1.807) is 0 Å². The molecule has 3 nitrogen and oxygen atoms in total. The summed E-state index contributed by atoms with van der Waals surface area (Å²) in [5.41, 5.74) is 2.47. The highest BCUT2D eigenvalue weighted by atomic mass is 35.5. The molecule has 1 aliphatic heterocycles. The van der Waals surface area contributed by atoms with E-state index in [9.17, 15) is 4.79 Å². The number of benzene rings is 1. The van der Waals surface area contributed by atoms with Gasteiger partial charge in [-0.1, -0.05) is 40.9 Å². The Morgan fingerprint density at radius 2 is 2.00 bits per heavy atom. The topological polar surface area (TPSA) is 32.3 Å². The number of hydrogen-bond acceptors (Lipinski definition) is 2. The average Bonchev–Trinajstić information content (AvgIpc) is 2.66. The van der Waals surface area contributed by atoms with Crippen molar-refractivity contribution in [3.8, 4) is 0 Å². The molecule has 0 aromatic heterocycles. The molecular weight excluding hydrogens is 367 g/mol. The van der Waals surface area contributed by atoms with Gasteiger partial charge in [-0.15, -0.1) is 0 Å². The molecule has 1 aromatic carbocycles. The molecule has 3 rings (SSSR count). The quantitative estimate of drug-likeness (QED) is 0.671. The van der Waals surface area contributed by atoms with Crippen molar-refractivity contribution >= 4 is 29.1 Å². The summed E-state index contributed by atoms with van der Waals surface area (Å²) in [5, 5.41) is 4.55. The van der Waals surface area contributed by atoms with Crippen LogP contribution in [0.3, 0.4) is 0 Å². The number of halogens is 2. The number of rotatable bonds is 6. The SMILES string of the molecule is O=C(NCCC1=CCCCC1)[C@@H]1CCCN(Cc2c(Cl)cccc2Cl)C1. The third-order valence-corrected chi connectivity index (χ3v) is 6.16. The van der Waals surface area contributed by atoms with Crippen molar-refractivity contribution in [2.45, 2.75) is 51.5 Å². The van der Waals surface area contributed by atoms with Crippen LogP contribution in [-0.2, 0) is 11.3 Å². The molecule has 0 radical (unpaired) electrons. The van der Waals surface area contributed by atoms with Crippen molar-refractivity contribution in [3.63, 3.8) is 0 Å². The lowest BCUT2D eigenvalue weighted by atomic mass is 9.95. The van der Waals surface area contributed by atoms with E-state index in [-0.39, 0.29) is 11.8 Å². The number of carbonyl (C=O) groups is 1. The zero-order chi connectivity index (χ0) is 18.4. The highest BCUT2D eigenvalue weighted by Crippen LogP contribution is 2.28. The second-order valence-electron chi connectivity index (χ2n) is 7.42. The Hall–Kier alpha value is -1.03. The van der Waals surface area contributed by atoms with Crippen molar-refractivity contribution in [2.24, 2.45) is 5.92 Å². The first-order valence-corrected chi connectivity index (χ1v) is 10.5. The molecule has 5 heteroatoms. The van der Waals surface area contributed by atoms with Crippen LogP contribution >= 0.6 is 23.2 Å². The monoisotopic (exact) mass is 394 g/mol. The van der Waals surface area contributed by atoms with Crippen LogP contribution in [0.5, 0.6) is 0 Å². The predicted molar refractivity (Wildman–Crippen MR) is 109 cm³/mol. The van der Waals surface area contributed by atoms with Crippen LogP contribution in [0.1, 0.15) is 50.5 Å². The number of allylic oxidation sites excluding steroid dienone is 1. The molecule has 142 valence electrons. The van der Waals surface area contributed by atoms with Crippen molar-refractivity contribution in [2.75, 3.05) is 19.6 Å². The molecule has 1 atom stereocenters. The molecule has 1 amide bonds. The Morgan fingerprint density at radius 1 is 1.19 bits per heavy atom. The maximum atomic E-state index is 12.6. The number of amides is 1. The van der Waals surface area contributed by atoms with Gasteiger partial charge in [-0.05, 0) is 63.6 Å². The molecule has 1 N–H and O–H groups in total. The van der Waals surface area contributed by atoms with E-state index < -0.39 is 0 Å². The van der Waals surface area contributed by atoms with Gasteiger partial charge < -0.3 is 5.32 Å². The summed E-state index contributed by atoms with van der Waals surface area (Å²) in [6.45, 7) is 3.22. The molecule has 26 heavy (non-hydrogen) atoms. The van der Waals surface area contributed by atoms with Crippen molar-refractivity contribution < 1.29 is 4.79 Å². The summed E-state index contributed by atoms with van der Waals surface area (Å²) < 4.78 is 0. The molecule has 1 heterocycles. The lowest BCUT2D eigenvalue weighted by Crippen LogP contribution is -2.43. The van der Waals surface area contributed by atoms with E-state index >= 15 is 0 Å². The normalized spacial score (nSPS) is 21.3. The van der Waals surface area contributed by atoms with E-state index in [0.29, 0.717) is 16.6 Å². The van der Waals surface area contributed by atoms with Gasteiger partial charge in [0, 0.05) is 35.2 Å². The summed E-state index contributed by atoms with van der Waals surface area (Å²) in [7, 11) is 0. The van der Waals surface area contributed by atoms with Crippen LogP contribution in [0, 0.1) is 5.92 Å². The smallest absolute Gasteiger partial charge is 0.224 e. The van der Waals surface area contributed by atoms with E-state index in [4.69, 9.17) is 23.2 Å². The fraction of sp³-hybridized carbons (Fsp3) is 0.571. The lowest BCUT2D eigenvalue weighted by molar-refractivity contribution is -0.126. The van der Waals surface area contributed by atoms with Gasteiger partial charge in [-0.3, -0.25) is 9.69 Å². The van der Waals surface area contributed by atoms with Gasteiger partial charge >= 0.3 is 0 Å². The van der Waals surface area contributed by atoms with E-state index in [0.717, 1.165) is 44.5 Å². The van der Waals surface area contributed by atoms with Crippen LogP contribution in [0.2, 0.25) is 10.0 Å². The van der Waals surface area contributed by atoms with E-state index in [2.05, 4.69) is 16.3 Å². The molecule has 0 spiro atoms. The fourth-order valence-electron chi connectivity index (χ4n) is 3.94. The van der Waals surface area contributed by atoms with Gasteiger partial charge in [0.25, 0.3) is 0 Å². The predicted octanol–water partition coefficient (Wildman–Crippen LogP) is 5.21. The molecule has 0 bridgehead atoms. The van der Waals surface area contributed by atoms with Gasteiger partial charge in [0.2, 0.25) is 5.91 Å². The second kappa shape index (κ2) is 9.77. The molecule has 1 saturated heterocycles. The maximum absolute atomic E-state index is 12.6. The second-order valence-corrected chi connectivity index (χ2v) is 8.24. The zero-order valence-corrected chi connectivity index (χ0v) is 16.8. The van der Waals surface area contributed by atoms with Crippen LogP contribution in [-0.4, -0.2) is 30.4 Å². The lowest BCUT2D eigenvalue weighted by Gasteiger charge is -2.32. The van der Waals surface area contributed by atoms with E-state index in [1.165, 1.54) is 31.3 Å². The van der Waals surface area contributed by atoms with Crippen LogP contribution in [0.4, 0.5) is 0 Å². The number of piperidine rings is 1. The van der Waals surface area contributed by atoms with Crippen molar-refractivity contribution in [1.82, 2.24) is 10.2 Å². The highest BCUT2D eigenvalue weighted by Gasteiger charge is 2.26. The Kier molecular flexibility index (Phi) is 7.42. The minimum Gasteiger partial charge on any atom is -0.356 e. The third kappa shape index (κ3) is 5.48. The number of likely N-dealkylation sites (tertiary alicyclic amines) is 1. The summed E-state index contributed by atoms with van der Waals surface area (Å²) in [6, 6.07) is 5.61. The standard InChI is InChI=1S/C21H28Cl2N2O/c22-19-9-4-10-20(23)18(19)15-25-13-5-8-17(14-25)21(26)24-12-11-16-6-2-1-3-7-16/h4,6,9-10,17H,1-3,5,7-8,11-15H2,(H,24,26)/t17-/m1/s1. The number of hydrogen-bond donors (Lipinski definition) is 1. The number of carbonyl (C=O) groups excluding carboxylic acids is 1. The Morgan fingerprint density at radius 3 is 2.73 bits per heavy atom. The minimum atomic E-state index is 0.0605. The van der Waals surface area contributed by atoms with Gasteiger partial charge in [0.15, 0.2) is 0 Å². The molecule has 1 fully saturated rings. The highest BCUT2D eigenvalue weighted by molar-refractivity contribution is 6.35. The molecule has 2 aliphatic rings. The van der Waals surface area contributed by atoms with E-state index in [1.807, 2.05) is 18.2 Å². The molecule has 1 aliphatic carbocycles. The molecule has 0 saturated carbocycles. The van der Waals surface area contributed by atoms with Gasteiger partial charge in [0.1, 0.15) is 0 Å². The first-order chi connectivity index (χ1) is 12.6. The molecular formula is C21H28Cl2N2O. The van der Waals surface area contributed by atoms with Gasteiger partial charge in [-0.25, -0.2) is 0 Å². The Balaban J connectivity index is 1.48. The van der Waals surface area contributed by atoms with Crippen molar-refractivity contribution in [1.29, 1.82) is 0 Å².